The molecule has 1 aromatic rings. The molecule has 6 heteroatoms. The third kappa shape index (κ3) is 2.81. The normalized spacial score (nSPS) is 38.6. The van der Waals surface area contributed by atoms with Crippen LogP contribution in [0.25, 0.3) is 0 Å². The summed E-state index contributed by atoms with van der Waals surface area (Å²) in [7, 11) is 0. The first kappa shape index (κ1) is 18.0. The average Bonchev–Trinajstić information content (AvgIpc) is 3.19. The molecule has 150 valence electrons. The Hall–Kier alpha value is -2.08. The fourth-order valence-corrected chi connectivity index (χ4v) is 6.00. The highest BCUT2D eigenvalue weighted by Gasteiger charge is 2.60. The highest BCUT2D eigenvalue weighted by Crippen LogP contribution is 2.58. The van der Waals surface area contributed by atoms with Crippen LogP contribution in [0.15, 0.2) is 24.3 Å². The van der Waals surface area contributed by atoms with Crippen LogP contribution in [0.1, 0.15) is 55.8 Å². The molecule has 6 nitrogen and oxygen atoms in total. The molecule has 6 rings (SSSR count). The maximum absolute atomic E-state index is 13.0. The van der Waals surface area contributed by atoms with Crippen molar-refractivity contribution in [3.8, 4) is 0 Å². The summed E-state index contributed by atoms with van der Waals surface area (Å²) in [5.74, 6) is 0.393. The van der Waals surface area contributed by atoms with Gasteiger partial charge in [-0.05, 0) is 56.1 Å². The second-order valence-electron chi connectivity index (χ2n) is 9.33. The number of hydrogen-bond donors (Lipinski definition) is 3. The highest BCUT2D eigenvalue weighted by atomic mass is 16.5. The van der Waals surface area contributed by atoms with E-state index in [1.807, 2.05) is 24.3 Å². The number of ether oxygens (including phenoxy) is 1. The van der Waals surface area contributed by atoms with Gasteiger partial charge in [-0.3, -0.25) is 9.59 Å². The zero-order valence-electron chi connectivity index (χ0n) is 16.4. The van der Waals surface area contributed by atoms with Crippen LogP contribution in [0.3, 0.4) is 0 Å². The highest BCUT2D eigenvalue weighted by molar-refractivity contribution is 6.02. The number of benzene rings is 1. The number of amides is 2. The topological polar surface area (TPSA) is 79.5 Å². The van der Waals surface area contributed by atoms with Crippen LogP contribution in [0.4, 0.5) is 5.69 Å². The molecule has 1 saturated heterocycles. The van der Waals surface area contributed by atoms with Crippen molar-refractivity contribution in [2.24, 2.45) is 17.3 Å². The molecule has 0 radical (unpaired) electrons. The van der Waals surface area contributed by atoms with E-state index in [2.05, 4.69) is 22.9 Å². The standard InChI is InChI=1S/C22H29N3O3/c1-21-9-8-14(11-17(21)20(27)23-12-15-5-4-10-28-15)22(13-21)24-18-7-3-2-6-16(18)19(26)25-22/h2-3,6-7,14-15,17,24H,4-5,8-13H2,1H3,(H,23,27)(H,25,26). The lowest BCUT2D eigenvalue weighted by atomic mass is 9.51. The van der Waals surface area contributed by atoms with Gasteiger partial charge in [-0.25, -0.2) is 0 Å². The first-order valence-corrected chi connectivity index (χ1v) is 10.6. The molecule has 5 unspecified atom stereocenters. The summed E-state index contributed by atoms with van der Waals surface area (Å²) >= 11 is 0. The van der Waals surface area contributed by atoms with Gasteiger partial charge in [-0.2, -0.15) is 0 Å². The van der Waals surface area contributed by atoms with E-state index in [0.29, 0.717) is 12.1 Å². The van der Waals surface area contributed by atoms with Crippen LogP contribution in [-0.2, 0) is 9.53 Å². The SMILES string of the molecule is CC12CCC(CC1C(=O)NCC1CCCO1)C1(C2)NC(=O)c2ccccc2N1. The van der Waals surface area contributed by atoms with Crippen molar-refractivity contribution in [2.75, 3.05) is 18.5 Å². The van der Waals surface area contributed by atoms with Gasteiger partial charge in [0.25, 0.3) is 5.91 Å². The van der Waals surface area contributed by atoms with Gasteiger partial charge < -0.3 is 20.7 Å². The Balaban J connectivity index is 1.34. The second kappa shape index (κ2) is 6.48. The van der Waals surface area contributed by atoms with Gasteiger partial charge in [-0.1, -0.05) is 19.1 Å². The largest absolute Gasteiger partial charge is 0.376 e. The third-order valence-electron chi connectivity index (χ3n) is 7.52. The number of carbonyl (C=O) groups is 2. The number of nitrogens with one attached hydrogen (secondary N) is 3. The third-order valence-corrected chi connectivity index (χ3v) is 7.52. The summed E-state index contributed by atoms with van der Waals surface area (Å²) in [4.78, 5) is 25.8. The van der Waals surface area contributed by atoms with Gasteiger partial charge in [-0.15, -0.1) is 0 Å². The summed E-state index contributed by atoms with van der Waals surface area (Å²) < 4.78 is 5.64. The molecule has 3 N–H and O–H groups in total. The zero-order chi connectivity index (χ0) is 19.4. The van der Waals surface area contributed by atoms with E-state index in [0.717, 1.165) is 50.8 Å². The maximum Gasteiger partial charge on any atom is 0.255 e. The molecule has 2 bridgehead atoms. The van der Waals surface area contributed by atoms with E-state index >= 15 is 0 Å². The number of hydrogen-bond acceptors (Lipinski definition) is 4. The van der Waals surface area contributed by atoms with E-state index in [9.17, 15) is 9.59 Å². The molecule has 0 aromatic heterocycles. The Bertz CT molecular complexity index is 806. The lowest BCUT2D eigenvalue weighted by Gasteiger charge is -2.60. The molecule has 3 saturated carbocycles. The molecule has 5 atom stereocenters. The fraction of sp³-hybridized carbons (Fsp3) is 0.636. The molecule has 28 heavy (non-hydrogen) atoms. The molecule has 1 spiro atoms. The van der Waals surface area contributed by atoms with E-state index in [4.69, 9.17) is 4.74 Å². The molecule has 2 amide bonds. The minimum absolute atomic E-state index is 0.00542. The van der Waals surface area contributed by atoms with Crippen molar-refractivity contribution < 1.29 is 14.3 Å². The van der Waals surface area contributed by atoms with Gasteiger partial charge in [0.05, 0.1) is 11.7 Å². The fourth-order valence-electron chi connectivity index (χ4n) is 6.00. The molecule has 3 aliphatic carbocycles. The molecule has 4 fully saturated rings. The Labute approximate surface area is 165 Å². The number of carbonyl (C=O) groups excluding carboxylic acids is 2. The van der Waals surface area contributed by atoms with Gasteiger partial charge in [0.2, 0.25) is 5.91 Å². The minimum Gasteiger partial charge on any atom is -0.376 e. The average molecular weight is 383 g/mol. The first-order valence-electron chi connectivity index (χ1n) is 10.6. The summed E-state index contributed by atoms with van der Waals surface area (Å²) in [6.45, 7) is 3.64. The Morgan fingerprint density at radius 3 is 2.93 bits per heavy atom. The van der Waals surface area contributed by atoms with Crippen molar-refractivity contribution >= 4 is 17.5 Å². The number of fused-ring (bicyclic) bond motifs is 3. The summed E-state index contributed by atoms with van der Waals surface area (Å²) in [6.07, 6.45) is 5.92. The van der Waals surface area contributed by atoms with Gasteiger partial charge in [0.1, 0.15) is 5.66 Å². The second-order valence-corrected chi connectivity index (χ2v) is 9.33. The monoisotopic (exact) mass is 383 g/mol. The number of rotatable bonds is 3. The van der Waals surface area contributed by atoms with E-state index in [1.165, 1.54) is 0 Å². The molecule has 2 heterocycles. The molecule has 1 aromatic carbocycles. The van der Waals surface area contributed by atoms with Crippen molar-refractivity contribution in [2.45, 2.75) is 57.2 Å². The quantitative estimate of drug-likeness (QED) is 0.750. The lowest BCUT2D eigenvalue weighted by Crippen LogP contribution is -2.70. The van der Waals surface area contributed by atoms with Crippen molar-refractivity contribution in [3.63, 3.8) is 0 Å². The van der Waals surface area contributed by atoms with Crippen LogP contribution in [0.2, 0.25) is 0 Å². The predicted molar refractivity (Wildman–Crippen MR) is 106 cm³/mol. The van der Waals surface area contributed by atoms with Crippen LogP contribution in [0.5, 0.6) is 0 Å². The molecule has 5 aliphatic rings. The van der Waals surface area contributed by atoms with Crippen LogP contribution in [-0.4, -0.2) is 36.7 Å². The molecular formula is C22H29N3O3. The van der Waals surface area contributed by atoms with E-state index < -0.39 is 5.66 Å². The van der Waals surface area contributed by atoms with Gasteiger partial charge in [0.15, 0.2) is 0 Å². The van der Waals surface area contributed by atoms with E-state index in [-0.39, 0.29) is 35.2 Å². The van der Waals surface area contributed by atoms with E-state index in [1.54, 1.807) is 0 Å². The van der Waals surface area contributed by atoms with Crippen molar-refractivity contribution in [1.82, 2.24) is 10.6 Å². The predicted octanol–water partition coefficient (Wildman–Crippen LogP) is 2.66. The minimum atomic E-state index is -0.441. The molecular weight excluding hydrogens is 354 g/mol. The maximum atomic E-state index is 13.0. The smallest absolute Gasteiger partial charge is 0.255 e. The van der Waals surface area contributed by atoms with Gasteiger partial charge >= 0.3 is 0 Å². The summed E-state index contributed by atoms with van der Waals surface area (Å²) in [5, 5.41) is 10.1. The zero-order valence-corrected chi connectivity index (χ0v) is 16.4. The molecule has 2 aliphatic heterocycles. The summed E-state index contributed by atoms with van der Waals surface area (Å²) in [6, 6.07) is 7.68. The van der Waals surface area contributed by atoms with Crippen LogP contribution < -0.4 is 16.0 Å². The van der Waals surface area contributed by atoms with Crippen molar-refractivity contribution in [1.29, 1.82) is 0 Å². The first-order chi connectivity index (χ1) is 13.5. The van der Waals surface area contributed by atoms with Crippen LogP contribution >= 0.6 is 0 Å². The van der Waals surface area contributed by atoms with Crippen molar-refractivity contribution in [3.05, 3.63) is 29.8 Å². The summed E-state index contributed by atoms with van der Waals surface area (Å²) in [5.41, 5.74) is 1.04. The number of para-hydroxylation sites is 1. The Morgan fingerprint density at radius 2 is 2.14 bits per heavy atom. The van der Waals surface area contributed by atoms with Gasteiger partial charge in [0, 0.05) is 30.7 Å². The lowest BCUT2D eigenvalue weighted by molar-refractivity contribution is -0.140. The Kier molecular flexibility index (Phi) is 4.16. The Morgan fingerprint density at radius 1 is 1.29 bits per heavy atom. The van der Waals surface area contributed by atoms with Crippen LogP contribution in [0, 0.1) is 17.3 Å². The number of anilines is 1.